The van der Waals surface area contributed by atoms with E-state index in [0.717, 1.165) is 5.69 Å². The Morgan fingerprint density at radius 1 is 1.07 bits per heavy atom. The molecule has 0 fully saturated rings. The summed E-state index contributed by atoms with van der Waals surface area (Å²) < 4.78 is 14.4. The molecule has 232 valence electrons. The Balaban J connectivity index is 1.56. The number of benzene rings is 3. The lowest BCUT2D eigenvalue weighted by Gasteiger charge is -2.25. The zero-order valence-electron chi connectivity index (χ0n) is 25.4. The predicted octanol–water partition coefficient (Wildman–Crippen LogP) is 4.96. The summed E-state index contributed by atoms with van der Waals surface area (Å²) in [5.74, 6) is 0.0794. The first-order chi connectivity index (χ1) is 22.1. The summed E-state index contributed by atoms with van der Waals surface area (Å²) in [4.78, 5) is 43.9. The number of carbonyl (C=O) groups is 1. The Labute approximate surface area is 267 Å². The molecule has 0 amide bonds. The predicted molar refractivity (Wildman–Crippen MR) is 174 cm³/mol. The van der Waals surface area contributed by atoms with Gasteiger partial charge in [0.25, 0.3) is 11.2 Å². The van der Waals surface area contributed by atoms with E-state index in [9.17, 15) is 19.7 Å². The fraction of sp³-hybridized carbons (Fsp3) is 0.176. The monoisotopic (exact) mass is 635 g/mol. The molecule has 1 aliphatic heterocycles. The van der Waals surface area contributed by atoms with E-state index >= 15 is 0 Å². The molecule has 5 aromatic rings. The number of nitro benzene ring substituents is 1. The molecule has 2 aromatic heterocycles. The van der Waals surface area contributed by atoms with Gasteiger partial charge in [-0.15, -0.1) is 0 Å². The van der Waals surface area contributed by atoms with Crippen molar-refractivity contribution < 1.29 is 19.2 Å². The maximum absolute atomic E-state index is 14.3. The van der Waals surface area contributed by atoms with E-state index < -0.39 is 16.9 Å². The number of hydrogen-bond acceptors (Lipinski definition) is 9. The zero-order chi connectivity index (χ0) is 32.5. The average Bonchev–Trinajstić information content (AvgIpc) is 3.61. The van der Waals surface area contributed by atoms with Crippen LogP contribution in [0.15, 0.2) is 106 Å². The van der Waals surface area contributed by atoms with Gasteiger partial charge in [0.2, 0.25) is 0 Å². The Bertz CT molecular complexity index is 2180. The van der Waals surface area contributed by atoms with Gasteiger partial charge in [-0.3, -0.25) is 19.5 Å². The van der Waals surface area contributed by atoms with Crippen LogP contribution < -0.4 is 19.6 Å². The molecule has 0 bridgehead atoms. The largest absolute Gasteiger partial charge is 0.497 e. The van der Waals surface area contributed by atoms with Gasteiger partial charge in [-0.25, -0.2) is 14.5 Å². The molecule has 11 nitrogen and oxygen atoms in total. The summed E-state index contributed by atoms with van der Waals surface area (Å²) in [5, 5.41) is 16.3. The molecule has 0 spiro atoms. The number of nitrogens with zero attached hydrogens (tertiary/aromatic N) is 5. The molecule has 46 heavy (non-hydrogen) atoms. The van der Waals surface area contributed by atoms with Gasteiger partial charge in [-0.2, -0.15) is 5.10 Å². The van der Waals surface area contributed by atoms with Crippen molar-refractivity contribution in [3.8, 4) is 22.7 Å². The normalized spacial score (nSPS) is 14.6. The highest BCUT2D eigenvalue weighted by Crippen LogP contribution is 2.32. The number of non-ortho nitro benzene ring substituents is 1. The molecular weight excluding hydrogens is 606 g/mol. The molecule has 12 heteroatoms. The van der Waals surface area contributed by atoms with Crippen LogP contribution in [-0.2, 0) is 9.53 Å². The minimum Gasteiger partial charge on any atom is -0.497 e. The minimum atomic E-state index is -0.793. The quantitative estimate of drug-likeness (QED) is 0.134. The number of esters is 1. The summed E-state index contributed by atoms with van der Waals surface area (Å²) in [6.45, 7) is 5.26. The Kier molecular flexibility index (Phi) is 8.20. The number of methoxy groups -OCH3 is 1. The number of rotatable bonds is 8. The summed E-state index contributed by atoms with van der Waals surface area (Å²) in [6, 6.07) is 22.0. The van der Waals surface area contributed by atoms with E-state index in [0.29, 0.717) is 43.2 Å². The third kappa shape index (κ3) is 5.77. The smallest absolute Gasteiger partial charge is 0.338 e. The van der Waals surface area contributed by atoms with Gasteiger partial charge in [0.1, 0.15) is 11.4 Å². The lowest BCUT2D eigenvalue weighted by molar-refractivity contribution is -0.384. The van der Waals surface area contributed by atoms with Gasteiger partial charge in [0.15, 0.2) is 4.80 Å². The van der Waals surface area contributed by atoms with E-state index in [-0.39, 0.29) is 22.9 Å². The molecule has 0 saturated heterocycles. The average molecular weight is 636 g/mol. The maximum atomic E-state index is 14.3. The number of allylic oxidation sites excluding steroid dienone is 1. The molecule has 3 heterocycles. The second-order valence-corrected chi connectivity index (χ2v) is 11.8. The van der Waals surface area contributed by atoms with Crippen LogP contribution in [0.2, 0.25) is 0 Å². The molecule has 0 N–H and O–H groups in total. The van der Waals surface area contributed by atoms with Crippen LogP contribution in [0.5, 0.6) is 5.75 Å². The first-order valence-corrected chi connectivity index (χ1v) is 15.2. The van der Waals surface area contributed by atoms with Crippen LogP contribution in [0.1, 0.15) is 37.9 Å². The topological polar surface area (TPSA) is 131 Å². The van der Waals surface area contributed by atoms with Crippen molar-refractivity contribution in [1.29, 1.82) is 0 Å². The van der Waals surface area contributed by atoms with Gasteiger partial charge in [-0.1, -0.05) is 53.8 Å². The SMILES string of the molecule is COc1ccc([C@H]2C(C(=O)OC(C)C)=C(C)N=c3s/c(=C\c4cn(-c5ccccc5)nc4-c4cccc([N+](=O)[O-])c4)c(=O)n32)cc1. The van der Waals surface area contributed by atoms with Crippen molar-refractivity contribution in [1.82, 2.24) is 14.3 Å². The van der Waals surface area contributed by atoms with Crippen LogP contribution in [0.4, 0.5) is 5.69 Å². The van der Waals surface area contributed by atoms with E-state index in [2.05, 4.69) is 4.99 Å². The molecule has 6 rings (SSSR count). The second-order valence-electron chi connectivity index (χ2n) is 10.8. The van der Waals surface area contributed by atoms with Gasteiger partial charge in [0.05, 0.1) is 45.7 Å². The third-order valence-electron chi connectivity index (χ3n) is 7.40. The summed E-state index contributed by atoms with van der Waals surface area (Å²) in [6.07, 6.45) is 3.11. The number of fused-ring (bicyclic) bond motifs is 1. The molecular formula is C34H29N5O6S. The van der Waals surface area contributed by atoms with Crippen molar-refractivity contribution >= 4 is 29.1 Å². The van der Waals surface area contributed by atoms with Crippen molar-refractivity contribution in [3.05, 3.63) is 137 Å². The third-order valence-corrected chi connectivity index (χ3v) is 8.38. The van der Waals surface area contributed by atoms with Gasteiger partial charge in [-0.05, 0) is 56.7 Å². The number of thiazole rings is 1. The number of para-hydroxylation sites is 1. The Morgan fingerprint density at radius 2 is 1.80 bits per heavy atom. The maximum Gasteiger partial charge on any atom is 0.338 e. The molecule has 1 atom stereocenters. The van der Waals surface area contributed by atoms with Crippen molar-refractivity contribution in [3.63, 3.8) is 0 Å². The van der Waals surface area contributed by atoms with Crippen molar-refractivity contribution in [2.75, 3.05) is 7.11 Å². The molecule has 0 unspecified atom stereocenters. The van der Waals surface area contributed by atoms with Crippen LogP contribution >= 0.6 is 11.3 Å². The number of hydrogen-bond donors (Lipinski definition) is 0. The molecule has 0 saturated carbocycles. The van der Waals surface area contributed by atoms with E-state index in [1.165, 1.54) is 28.0 Å². The van der Waals surface area contributed by atoms with Crippen LogP contribution in [0, 0.1) is 10.1 Å². The van der Waals surface area contributed by atoms with Crippen molar-refractivity contribution in [2.24, 2.45) is 4.99 Å². The van der Waals surface area contributed by atoms with E-state index in [1.807, 2.05) is 42.5 Å². The summed E-state index contributed by atoms with van der Waals surface area (Å²) in [7, 11) is 1.56. The highest BCUT2D eigenvalue weighted by molar-refractivity contribution is 7.07. The van der Waals surface area contributed by atoms with Crippen LogP contribution in [-0.4, -0.2) is 38.5 Å². The first-order valence-electron chi connectivity index (χ1n) is 14.4. The second kappa shape index (κ2) is 12.4. The molecule has 3 aromatic carbocycles. The standard InChI is InChI=1S/C34H29N5O6S/c1-20(2)45-33(41)29-21(3)35-34-38(31(29)22-13-15-27(44-4)16-14-22)32(40)28(46-34)18-24-19-37(25-10-6-5-7-11-25)36-30(24)23-9-8-12-26(17-23)39(42)43/h5-20,31H,1-4H3/b28-18-/t31-/m0/s1. The van der Waals surface area contributed by atoms with Gasteiger partial charge < -0.3 is 9.47 Å². The Morgan fingerprint density at radius 3 is 2.48 bits per heavy atom. The highest BCUT2D eigenvalue weighted by Gasteiger charge is 2.34. The molecule has 0 aliphatic carbocycles. The fourth-order valence-corrected chi connectivity index (χ4v) is 6.34. The fourth-order valence-electron chi connectivity index (χ4n) is 5.30. The summed E-state index contributed by atoms with van der Waals surface area (Å²) >= 11 is 1.18. The van der Waals surface area contributed by atoms with Crippen LogP contribution in [0.25, 0.3) is 23.0 Å². The van der Waals surface area contributed by atoms with Gasteiger partial charge >= 0.3 is 5.97 Å². The Hall–Kier alpha value is -5.62. The molecule has 1 aliphatic rings. The van der Waals surface area contributed by atoms with Crippen molar-refractivity contribution in [2.45, 2.75) is 32.9 Å². The number of ether oxygens (including phenoxy) is 2. The number of aromatic nitrogens is 3. The van der Waals surface area contributed by atoms with Gasteiger partial charge in [0, 0.05) is 29.5 Å². The lowest BCUT2D eigenvalue weighted by atomic mass is 9.96. The number of nitro groups is 1. The first kappa shape index (κ1) is 30.4. The number of carbonyl (C=O) groups excluding carboxylic acids is 1. The van der Waals surface area contributed by atoms with E-state index in [4.69, 9.17) is 14.6 Å². The lowest BCUT2D eigenvalue weighted by Crippen LogP contribution is -2.40. The molecule has 0 radical (unpaired) electrons. The minimum absolute atomic E-state index is 0.0761. The summed E-state index contributed by atoms with van der Waals surface area (Å²) in [5.41, 5.74) is 3.31. The zero-order valence-corrected chi connectivity index (χ0v) is 26.2. The van der Waals surface area contributed by atoms with Crippen LogP contribution in [0.3, 0.4) is 0 Å². The highest BCUT2D eigenvalue weighted by atomic mass is 32.1. The van der Waals surface area contributed by atoms with E-state index in [1.54, 1.807) is 69.1 Å².